The molecule has 0 aromatic heterocycles. The number of hydrogen-bond donors (Lipinski definition) is 1. The zero-order valence-electron chi connectivity index (χ0n) is 18.2. The van der Waals surface area contributed by atoms with E-state index in [9.17, 15) is 9.59 Å². The molecular formula is C24H30ClN3O2. The summed E-state index contributed by atoms with van der Waals surface area (Å²) in [5, 5.41) is 3.69. The molecule has 160 valence electrons. The lowest BCUT2D eigenvalue weighted by Crippen LogP contribution is -2.49. The van der Waals surface area contributed by atoms with Crippen LogP contribution in [0.25, 0.3) is 0 Å². The lowest BCUT2D eigenvalue weighted by atomic mass is 9.92. The standard InChI is InChI=1S/C24H30ClN3O2/c1-17-9-10-21(20(13-17)26-22(29)15-24(2,3)4)28-12-6-11-27(23(28)30)16-18-7-5-8-19(25)14-18/h5,7-10,13-14H,6,11-12,15-16H2,1-4H3,(H,26,29). The highest BCUT2D eigenvalue weighted by Gasteiger charge is 2.29. The highest BCUT2D eigenvalue weighted by Crippen LogP contribution is 2.31. The molecule has 1 aliphatic heterocycles. The lowest BCUT2D eigenvalue weighted by molar-refractivity contribution is -0.117. The van der Waals surface area contributed by atoms with Crippen molar-refractivity contribution >= 4 is 34.9 Å². The quantitative estimate of drug-likeness (QED) is 0.650. The molecule has 0 bridgehead atoms. The van der Waals surface area contributed by atoms with Gasteiger partial charge in [0.25, 0.3) is 0 Å². The maximum Gasteiger partial charge on any atom is 0.324 e. The molecule has 3 rings (SSSR count). The van der Waals surface area contributed by atoms with E-state index in [0.29, 0.717) is 36.8 Å². The Balaban J connectivity index is 1.82. The zero-order chi connectivity index (χ0) is 21.9. The van der Waals surface area contributed by atoms with E-state index in [-0.39, 0.29) is 17.4 Å². The van der Waals surface area contributed by atoms with Crippen LogP contribution >= 0.6 is 11.6 Å². The fraction of sp³-hybridized carbons (Fsp3) is 0.417. The van der Waals surface area contributed by atoms with Crippen LogP contribution < -0.4 is 10.2 Å². The van der Waals surface area contributed by atoms with Crippen molar-refractivity contribution < 1.29 is 9.59 Å². The summed E-state index contributed by atoms with van der Waals surface area (Å²) in [4.78, 5) is 29.4. The predicted octanol–water partition coefficient (Wildman–Crippen LogP) is 5.86. The maximum absolute atomic E-state index is 13.3. The molecule has 1 saturated heterocycles. The average molecular weight is 428 g/mol. The van der Waals surface area contributed by atoms with Crippen molar-refractivity contribution in [3.8, 4) is 0 Å². The number of benzene rings is 2. The SMILES string of the molecule is Cc1ccc(N2CCCN(Cc3cccc(Cl)c3)C2=O)c(NC(=O)CC(C)(C)C)c1. The van der Waals surface area contributed by atoms with E-state index in [1.165, 1.54) is 0 Å². The minimum Gasteiger partial charge on any atom is -0.324 e. The number of rotatable bonds is 5. The van der Waals surface area contributed by atoms with E-state index in [4.69, 9.17) is 11.6 Å². The first kappa shape index (κ1) is 22.2. The Labute approximate surface area is 184 Å². The second-order valence-corrected chi connectivity index (χ2v) is 9.58. The van der Waals surface area contributed by atoms with E-state index >= 15 is 0 Å². The molecule has 3 amide bonds. The Morgan fingerprint density at radius 2 is 1.90 bits per heavy atom. The van der Waals surface area contributed by atoms with Crippen molar-refractivity contribution in [1.29, 1.82) is 0 Å². The summed E-state index contributed by atoms with van der Waals surface area (Å²) in [7, 11) is 0. The Bertz CT molecular complexity index is 936. The number of halogens is 1. The van der Waals surface area contributed by atoms with Crippen LogP contribution in [0.3, 0.4) is 0 Å². The van der Waals surface area contributed by atoms with Gasteiger partial charge >= 0.3 is 6.03 Å². The summed E-state index contributed by atoms with van der Waals surface area (Å²) in [6.45, 7) is 9.90. The van der Waals surface area contributed by atoms with Crippen molar-refractivity contribution in [3.63, 3.8) is 0 Å². The first-order chi connectivity index (χ1) is 14.1. The van der Waals surface area contributed by atoms with Gasteiger partial charge in [0, 0.05) is 31.1 Å². The number of amides is 3. The number of nitrogens with one attached hydrogen (secondary N) is 1. The molecule has 0 spiro atoms. The topological polar surface area (TPSA) is 52.6 Å². The second-order valence-electron chi connectivity index (χ2n) is 9.15. The highest BCUT2D eigenvalue weighted by atomic mass is 35.5. The molecule has 5 nitrogen and oxygen atoms in total. The molecule has 2 aromatic rings. The molecule has 6 heteroatoms. The number of aryl methyl sites for hydroxylation is 1. The van der Waals surface area contributed by atoms with Crippen LogP contribution in [-0.2, 0) is 11.3 Å². The number of urea groups is 1. The lowest BCUT2D eigenvalue weighted by Gasteiger charge is -2.36. The Morgan fingerprint density at radius 3 is 2.60 bits per heavy atom. The van der Waals surface area contributed by atoms with Crippen LogP contribution in [0, 0.1) is 12.3 Å². The molecule has 0 saturated carbocycles. The predicted molar refractivity (Wildman–Crippen MR) is 123 cm³/mol. The average Bonchev–Trinajstić information content (AvgIpc) is 2.62. The van der Waals surface area contributed by atoms with Gasteiger partial charge in [-0.25, -0.2) is 4.79 Å². The van der Waals surface area contributed by atoms with Crippen LogP contribution in [0.1, 0.15) is 44.7 Å². The molecule has 1 N–H and O–H groups in total. The number of nitrogens with zero attached hydrogens (tertiary/aromatic N) is 2. The van der Waals surface area contributed by atoms with Gasteiger partial charge in [-0.3, -0.25) is 9.69 Å². The van der Waals surface area contributed by atoms with Crippen molar-refractivity contribution in [2.45, 2.75) is 47.1 Å². The minimum atomic E-state index is -0.108. The zero-order valence-corrected chi connectivity index (χ0v) is 18.9. The molecule has 0 atom stereocenters. The molecule has 0 aliphatic carbocycles. The first-order valence-electron chi connectivity index (χ1n) is 10.3. The molecule has 30 heavy (non-hydrogen) atoms. The Morgan fingerprint density at radius 1 is 1.13 bits per heavy atom. The van der Waals surface area contributed by atoms with Crippen LogP contribution in [0.2, 0.25) is 5.02 Å². The fourth-order valence-corrected chi connectivity index (χ4v) is 3.88. The third-order valence-electron chi connectivity index (χ3n) is 4.98. The van der Waals surface area contributed by atoms with Gasteiger partial charge in [0.1, 0.15) is 0 Å². The van der Waals surface area contributed by atoms with Gasteiger partial charge in [0.05, 0.1) is 11.4 Å². The van der Waals surface area contributed by atoms with E-state index in [2.05, 4.69) is 5.32 Å². The molecule has 1 fully saturated rings. The van der Waals surface area contributed by atoms with E-state index in [1.54, 1.807) is 4.90 Å². The van der Waals surface area contributed by atoms with Crippen molar-refractivity contribution in [3.05, 3.63) is 58.6 Å². The van der Waals surface area contributed by atoms with Crippen LogP contribution in [-0.4, -0.2) is 29.9 Å². The van der Waals surface area contributed by atoms with Crippen LogP contribution in [0.15, 0.2) is 42.5 Å². The smallest absolute Gasteiger partial charge is 0.324 e. The number of carbonyl (C=O) groups is 2. The summed E-state index contributed by atoms with van der Waals surface area (Å²) >= 11 is 6.10. The van der Waals surface area contributed by atoms with E-state index < -0.39 is 0 Å². The van der Waals surface area contributed by atoms with Gasteiger partial charge < -0.3 is 10.2 Å². The summed E-state index contributed by atoms with van der Waals surface area (Å²) in [5.41, 5.74) is 3.35. The van der Waals surface area contributed by atoms with Gasteiger partial charge in [-0.1, -0.05) is 50.6 Å². The normalized spacial score (nSPS) is 14.8. The number of hydrogen-bond acceptors (Lipinski definition) is 2. The molecular weight excluding hydrogens is 398 g/mol. The third-order valence-corrected chi connectivity index (χ3v) is 5.22. The monoisotopic (exact) mass is 427 g/mol. The number of anilines is 2. The van der Waals surface area contributed by atoms with Crippen LogP contribution in [0.4, 0.5) is 16.2 Å². The van der Waals surface area contributed by atoms with Gasteiger partial charge in [0.15, 0.2) is 0 Å². The van der Waals surface area contributed by atoms with Gasteiger partial charge in [-0.05, 0) is 54.2 Å². The second kappa shape index (κ2) is 9.09. The third kappa shape index (κ3) is 5.76. The van der Waals surface area contributed by atoms with Crippen molar-refractivity contribution in [2.24, 2.45) is 5.41 Å². The first-order valence-corrected chi connectivity index (χ1v) is 10.7. The summed E-state index contributed by atoms with van der Waals surface area (Å²) in [5.74, 6) is -0.0467. The molecule has 2 aromatic carbocycles. The Hall–Kier alpha value is -2.53. The summed E-state index contributed by atoms with van der Waals surface area (Å²) in [6, 6.07) is 13.3. The molecule has 1 heterocycles. The summed E-state index contributed by atoms with van der Waals surface area (Å²) < 4.78 is 0. The minimum absolute atomic E-state index is 0.0467. The molecule has 0 radical (unpaired) electrons. The molecule has 0 unspecified atom stereocenters. The van der Waals surface area contributed by atoms with Gasteiger partial charge in [0.2, 0.25) is 5.91 Å². The number of carbonyl (C=O) groups excluding carboxylic acids is 2. The van der Waals surface area contributed by atoms with Crippen LogP contribution in [0.5, 0.6) is 0 Å². The molecule has 1 aliphatic rings. The largest absolute Gasteiger partial charge is 0.324 e. The van der Waals surface area contributed by atoms with Gasteiger partial charge in [-0.15, -0.1) is 0 Å². The van der Waals surface area contributed by atoms with Gasteiger partial charge in [-0.2, -0.15) is 0 Å². The Kier molecular flexibility index (Phi) is 6.71. The highest BCUT2D eigenvalue weighted by molar-refractivity contribution is 6.30. The van der Waals surface area contributed by atoms with Crippen molar-refractivity contribution in [1.82, 2.24) is 4.90 Å². The van der Waals surface area contributed by atoms with E-state index in [0.717, 1.165) is 23.2 Å². The van der Waals surface area contributed by atoms with E-state index in [1.807, 2.05) is 75.1 Å². The summed E-state index contributed by atoms with van der Waals surface area (Å²) in [6.07, 6.45) is 1.27. The van der Waals surface area contributed by atoms with Crippen molar-refractivity contribution in [2.75, 3.05) is 23.3 Å². The fourth-order valence-electron chi connectivity index (χ4n) is 3.67. The maximum atomic E-state index is 13.3.